The topological polar surface area (TPSA) is 64.6 Å². The van der Waals surface area contributed by atoms with E-state index in [0.29, 0.717) is 27.0 Å². The molecule has 0 bridgehead atoms. The Labute approximate surface area is 155 Å². The van der Waals surface area contributed by atoms with Crippen molar-refractivity contribution in [3.63, 3.8) is 0 Å². The van der Waals surface area contributed by atoms with Crippen molar-refractivity contribution in [3.8, 4) is 5.75 Å². The molecular weight excluding hydrogens is 365 g/mol. The zero-order valence-electron chi connectivity index (χ0n) is 13.7. The Hall–Kier alpha value is -2.24. The van der Waals surface area contributed by atoms with Gasteiger partial charge in [0.25, 0.3) is 5.91 Å². The molecule has 132 valence electrons. The molecule has 0 heterocycles. The number of ether oxygens (including phenoxy) is 2. The van der Waals surface area contributed by atoms with Gasteiger partial charge in [0.05, 0.1) is 13.5 Å². The first-order chi connectivity index (χ1) is 11.9. The fraction of sp³-hybridized carbons (Fsp3) is 0.222. The van der Waals surface area contributed by atoms with Gasteiger partial charge in [-0.2, -0.15) is 0 Å². The number of anilines is 1. The third-order valence-electron chi connectivity index (χ3n) is 3.40. The van der Waals surface area contributed by atoms with Crippen LogP contribution in [0.2, 0.25) is 10.0 Å². The molecule has 0 saturated heterocycles. The lowest BCUT2D eigenvalue weighted by Crippen LogP contribution is -2.30. The molecule has 0 fully saturated rings. The number of hydrogen-bond acceptors (Lipinski definition) is 4. The summed E-state index contributed by atoms with van der Waals surface area (Å²) in [7, 11) is 1.53. The van der Waals surface area contributed by atoms with Gasteiger partial charge in [0.2, 0.25) is 0 Å². The molecule has 0 unspecified atom stereocenters. The van der Waals surface area contributed by atoms with E-state index in [1.165, 1.54) is 14.0 Å². The zero-order valence-corrected chi connectivity index (χ0v) is 15.2. The molecule has 7 heteroatoms. The van der Waals surface area contributed by atoms with E-state index in [4.69, 9.17) is 32.7 Å². The first kappa shape index (κ1) is 19.1. The molecule has 0 aliphatic rings. The number of hydrogen-bond donors (Lipinski definition) is 1. The summed E-state index contributed by atoms with van der Waals surface area (Å²) in [4.78, 5) is 24.2. The van der Waals surface area contributed by atoms with Crippen molar-refractivity contribution in [1.29, 1.82) is 0 Å². The summed E-state index contributed by atoms with van der Waals surface area (Å²) < 4.78 is 10.2. The lowest BCUT2D eigenvalue weighted by molar-refractivity contribution is -0.152. The van der Waals surface area contributed by atoms with Crippen molar-refractivity contribution in [1.82, 2.24) is 0 Å². The molecule has 0 aliphatic carbocycles. The average molecular weight is 382 g/mol. The monoisotopic (exact) mass is 381 g/mol. The summed E-state index contributed by atoms with van der Waals surface area (Å²) in [6, 6.07) is 11.8. The highest BCUT2D eigenvalue weighted by Gasteiger charge is 2.20. The van der Waals surface area contributed by atoms with E-state index in [9.17, 15) is 9.59 Å². The van der Waals surface area contributed by atoms with E-state index in [1.807, 2.05) is 0 Å². The molecule has 1 amide bonds. The second-order valence-corrected chi connectivity index (χ2v) is 6.04. The minimum atomic E-state index is -0.972. The summed E-state index contributed by atoms with van der Waals surface area (Å²) in [6.07, 6.45) is -1.09. The number of carbonyl (C=O) groups is 2. The molecule has 1 N–H and O–H groups in total. The molecule has 1 atom stereocenters. The van der Waals surface area contributed by atoms with E-state index in [-0.39, 0.29) is 6.42 Å². The van der Waals surface area contributed by atoms with Gasteiger partial charge < -0.3 is 14.8 Å². The van der Waals surface area contributed by atoms with Gasteiger partial charge in [0.1, 0.15) is 5.75 Å². The Bertz CT molecular complexity index is 759. The highest BCUT2D eigenvalue weighted by atomic mass is 35.5. The predicted octanol–water partition coefficient (Wildman–Crippen LogP) is 4.11. The van der Waals surface area contributed by atoms with E-state index in [1.54, 1.807) is 42.5 Å². The molecule has 0 spiro atoms. The van der Waals surface area contributed by atoms with Crippen LogP contribution in [-0.4, -0.2) is 25.1 Å². The molecule has 25 heavy (non-hydrogen) atoms. The van der Waals surface area contributed by atoms with Crippen molar-refractivity contribution < 1.29 is 19.1 Å². The number of nitrogens with one attached hydrogen (secondary N) is 1. The second kappa shape index (κ2) is 8.74. The van der Waals surface area contributed by atoms with Crippen molar-refractivity contribution >= 4 is 40.8 Å². The Morgan fingerprint density at radius 2 is 1.76 bits per heavy atom. The van der Waals surface area contributed by atoms with Gasteiger partial charge >= 0.3 is 5.97 Å². The summed E-state index contributed by atoms with van der Waals surface area (Å²) >= 11 is 12.1. The third-order valence-corrected chi connectivity index (χ3v) is 4.11. The molecule has 2 aromatic carbocycles. The fourth-order valence-electron chi connectivity index (χ4n) is 2.08. The maximum absolute atomic E-state index is 12.2. The Balaban J connectivity index is 1.95. The first-order valence-electron chi connectivity index (χ1n) is 7.48. The van der Waals surface area contributed by atoms with Crippen molar-refractivity contribution in [2.24, 2.45) is 0 Å². The van der Waals surface area contributed by atoms with Crippen LogP contribution in [0, 0.1) is 0 Å². The van der Waals surface area contributed by atoms with Crippen LogP contribution in [-0.2, 0) is 20.7 Å². The maximum atomic E-state index is 12.2. The van der Waals surface area contributed by atoms with Crippen molar-refractivity contribution in [2.45, 2.75) is 19.4 Å². The summed E-state index contributed by atoms with van der Waals surface area (Å²) in [5.74, 6) is -0.439. The second-order valence-electron chi connectivity index (χ2n) is 5.23. The first-order valence-corrected chi connectivity index (χ1v) is 8.23. The summed E-state index contributed by atoms with van der Waals surface area (Å²) in [6.45, 7) is 1.49. The van der Waals surface area contributed by atoms with E-state index >= 15 is 0 Å². The molecule has 0 saturated carbocycles. The quantitative estimate of drug-likeness (QED) is 0.764. The Morgan fingerprint density at radius 3 is 2.40 bits per heavy atom. The summed E-state index contributed by atoms with van der Waals surface area (Å²) in [5.41, 5.74) is 1.01. The highest BCUT2D eigenvalue weighted by molar-refractivity contribution is 6.36. The van der Waals surface area contributed by atoms with Crippen LogP contribution in [0.1, 0.15) is 12.5 Å². The van der Waals surface area contributed by atoms with Crippen molar-refractivity contribution in [3.05, 3.63) is 58.1 Å². The Kier molecular flexibility index (Phi) is 6.67. The number of benzene rings is 2. The number of esters is 1. The van der Waals surface area contributed by atoms with Gasteiger partial charge in [-0.05, 0) is 31.2 Å². The zero-order chi connectivity index (χ0) is 18.4. The van der Waals surface area contributed by atoms with Crippen LogP contribution < -0.4 is 10.1 Å². The minimum absolute atomic E-state index is 0.116. The van der Waals surface area contributed by atoms with Gasteiger partial charge in [-0.15, -0.1) is 0 Å². The number of amides is 1. The molecular formula is C18H17Cl2NO4. The predicted molar refractivity (Wildman–Crippen MR) is 97.3 cm³/mol. The Morgan fingerprint density at radius 1 is 1.12 bits per heavy atom. The van der Waals surface area contributed by atoms with Gasteiger partial charge in [0.15, 0.2) is 6.10 Å². The average Bonchev–Trinajstić information content (AvgIpc) is 2.58. The van der Waals surface area contributed by atoms with Gasteiger partial charge in [-0.25, -0.2) is 0 Å². The van der Waals surface area contributed by atoms with Gasteiger partial charge in [0, 0.05) is 27.4 Å². The molecule has 5 nitrogen and oxygen atoms in total. The van der Waals surface area contributed by atoms with Crippen LogP contribution in [0.15, 0.2) is 42.5 Å². The van der Waals surface area contributed by atoms with Gasteiger partial charge in [-0.1, -0.05) is 35.3 Å². The summed E-state index contributed by atoms with van der Waals surface area (Å²) in [5, 5.41) is 3.41. The lowest BCUT2D eigenvalue weighted by Gasteiger charge is -2.14. The van der Waals surface area contributed by atoms with E-state index in [0.717, 1.165) is 0 Å². The number of rotatable bonds is 6. The number of carbonyl (C=O) groups excluding carboxylic acids is 2. The fourth-order valence-corrected chi connectivity index (χ4v) is 2.61. The van der Waals surface area contributed by atoms with E-state index < -0.39 is 18.0 Å². The highest BCUT2D eigenvalue weighted by Crippen LogP contribution is 2.25. The van der Waals surface area contributed by atoms with Crippen LogP contribution in [0.25, 0.3) is 0 Å². The maximum Gasteiger partial charge on any atom is 0.311 e. The van der Waals surface area contributed by atoms with Crippen LogP contribution in [0.4, 0.5) is 5.69 Å². The lowest BCUT2D eigenvalue weighted by atomic mass is 10.1. The van der Waals surface area contributed by atoms with Crippen LogP contribution >= 0.6 is 23.2 Å². The largest absolute Gasteiger partial charge is 0.497 e. The van der Waals surface area contributed by atoms with Crippen LogP contribution in [0.5, 0.6) is 5.75 Å². The normalized spacial score (nSPS) is 11.5. The van der Waals surface area contributed by atoms with E-state index in [2.05, 4.69) is 5.32 Å². The van der Waals surface area contributed by atoms with Crippen molar-refractivity contribution in [2.75, 3.05) is 12.4 Å². The number of methoxy groups -OCH3 is 1. The molecule has 2 rings (SSSR count). The molecule has 2 aromatic rings. The minimum Gasteiger partial charge on any atom is -0.497 e. The standard InChI is InChI=1S/C18H17Cl2NO4/c1-11(18(23)21-12-5-3-6-13(9-12)24-2)25-17(22)10-14-15(19)7-4-8-16(14)20/h3-9,11H,10H2,1-2H3,(H,21,23)/t11-/m1/s1. The smallest absolute Gasteiger partial charge is 0.311 e. The van der Waals surface area contributed by atoms with Gasteiger partial charge in [-0.3, -0.25) is 9.59 Å². The SMILES string of the molecule is COc1cccc(NC(=O)[C@@H](C)OC(=O)Cc2c(Cl)cccc2Cl)c1. The molecule has 0 aromatic heterocycles. The molecule has 0 aliphatic heterocycles. The molecule has 0 radical (unpaired) electrons. The number of halogens is 2. The van der Waals surface area contributed by atoms with Crippen LogP contribution in [0.3, 0.4) is 0 Å². The third kappa shape index (κ3) is 5.37.